The topological polar surface area (TPSA) is 71.5 Å². The highest BCUT2D eigenvalue weighted by Crippen LogP contribution is 2.21. The number of ketones is 1. The maximum absolute atomic E-state index is 11.8. The van der Waals surface area contributed by atoms with Crippen LogP contribution in [0.15, 0.2) is 0 Å². The van der Waals surface area contributed by atoms with Gasteiger partial charge in [0, 0.05) is 31.2 Å². The van der Waals surface area contributed by atoms with E-state index in [-0.39, 0.29) is 23.5 Å². The molecule has 1 saturated heterocycles. The van der Waals surface area contributed by atoms with Gasteiger partial charge in [-0.2, -0.15) is 0 Å². The highest BCUT2D eigenvalue weighted by molar-refractivity contribution is 7.91. The summed E-state index contributed by atoms with van der Waals surface area (Å²) in [5.41, 5.74) is 0. The van der Waals surface area contributed by atoms with E-state index in [2.05, 4.69) is 0 Å². The van der Waals surface area contributed by atoms with Crippen molar-refractivity contribution in [2.45, 2.75) is 26.7 Å². The molecule has 0 spiro atoms. The average Bonchev–Trinajstić information content (AvgIpc) is 2.26. The van der Waals surface area contributed by atoms with Crippen LogP contribution < -0.4 is 0 Å². The molecule has 0 aromatic heterocycles. The second-order valence-electron chi connectivity index (χ2n) is 5.28. The molecule has 6 heteroatoms. The van der Waals surface area contributed by atoms with E-state index in [4.69, 9.17) is 0 Å². The first-order valence-electron chi connectivity index (χ1n) is 6.20. The molecule has 5 nitrogen and oxygen atoms in total. The normalized spacial score (nSPS) is 18.1. The lowest BCUT2D eigenvalue weighted by Crippen LogP contribution is -2.43. The van der Waals surface area contributed by atoms with Crippen LogP contribution in [0.25, 0.3) is 0 Å². The van der Waals surface area contributed by atoms with Gasteiger partial charge in [-0.1, -0.05) is 13.8 Å². The van der Waals surface area contributed by atoms with Gasteiger partial charge in [0.25, 0.3) is 0 Å². The van der Waals surface area contributed by atoms with Crippen molar-refractivity contribution in [1.82, 2.24) is 4.90 Å². The van der Waals surface area contributed by atoms with Gasteiger partial charge in [-0.15, -0.1) is 0 Å². The second-order valence-corrected chi connectivity index (χ2v) is 7.42. The fraction of sp³-hybridized carbons (Fsp3) is 0.833. The summed E-state index contributed by atoms with van der Waals surface area (Å²) >= 11 is 0. The third-order valence-electron chi connectivity index (χ3n) is 3.20. The van der Waals surface area contributed by atoms with Crippen molar-refractivity contribution in [3.8, 4) is 0 Å². The molecule has 0 atom stereocenters. The van der Waals surface area contributed by atoms with Crippen LogP contribution in [-0.2, 0) is 19.4 Å². The maximum Gasteiger partial charge on any atom is 0.237 e. The third kappa shape index (κ3) is 4.40. The van der Waals surface area contributed by atoms with E-state index in [1.54, 1.807) is 4.90 Å². The number of hydrogen-bond donors (Lipinski definition) is 0. The second kappa shape index (κ2) is 5.82. The van der Waals surface area contributed by atoms with Crippen LogP contribution in [-0.4, -0.2) is 50.1 Å². The van der Waals surface area contributed by atoms with Crippen LogP contribution >= 0.6 is 0 Å². The van der Waals surface area contributed by atoms with E-state index in [1.807, 2.05) is 13.8 Å². The number of hydrogen-bond acceptors (Lipinski definition) is 4. The molecule has 0 unspecified atom stereocenters. The van der Waals surface area contributed by atoms with Crippen molar-refractivity contribution in [2.75, 3.05) is 25.1 Å². The Bertz CT molecular complexity index is 419. The van der Waals surface area contributed by atoms with Gasteiger partial charge >= 0.3 is 0 Å². The van der Waals surface area contributed by atoms with Crippen molar-refractivity contribution < 1.29 is 18.0 Å². The lowest BCUT2D eigenvalue weighted by molar-refractivity contribution is -0.133. The van der Waals surface area contributed by atoms with E-state index < -0.39 is 15.6 Å². The smallest absolute Gasteiger partial charge is 0.237 e. The predicted octanol–water partition coefficient (Wildman–Crippen LogP) is 0.495. The number of likely N-dealkylation sites (tertiary alicyclic amines) is 1. The molecule has 0 radical (unpaired) electrons. The summed E-state index contributed by atoms with van der Waals surface area (Å²) in [5.74, 6) is -0.505. The number of amides is 1. The minimum Gasteiger partial charge on any atom is -0.342 e. The molecule has 0 aromatic carbocycles. The molecule has 1 heterocycles. The van der Waals surface area contributed by atoms with Crippen LogP contribution in [0.5, 0.6) is 0 Å². The first-order valence-corrected chi connectivity index (χ1v) is 8.26. The van der Waals surface area contributed by atoms with Crippen molar-refractivity contribution in [3.05, 3.63) is 0 Å². The van der Waals surface area contributed by atoms with E-state index in [0.717, 1.165) is 6.26 Å². The molecular formula is C12H21NO4S. The van der Waals surface area contributed by atoms with Crippen molar-refractivity contribution >= 4 is 21.5 Å². The van der Waals surface area contributed by atoms with E-state index in [9.17, 15) is 18.0 Å². The van der Waals surface area contributed by atoms with Crippen LogP contribution in [0.4, 0.5) is 0 Å². The Balaban J connectivity index is 2.49. The Kier molecular flexibility index (Phi) is 4.90. The van der Waals surface area contributed by atoms with Crippen LogP contribution in [0, 0.1) is 11.8 Å². The maximum atomic E-state index is 11.8. The van der Waals surface area contributed by atoms with Gasteiger partial charge in [0.15, 0.2) is 9.84 Å². The molecule has 1 aliphatic heterocycles. The Morgan fingerprint density at radius 2 is 1.72 bits per heavy atom. The Morgan fingerprint density at radius 1 is 1.22 bits per heavy atom. The summed E-state index contributed by atoms with van der Waals surface area (Å²) in [6.45, 7) is 4.72. The summed E-state index contributed by atoms with van der Waals surface area (Å²) in [4.78, 5) is 25.0. The number of nitrogens with zero attached hydrogens (tertiary/aromatic N) is 1. The highest BCUT2D eigenvalue weighted by Gasteiger charge is 2.29. The predicted molar refractivity (Wildman–Crippen MR) is 68.9 cm³/mol. The molecule has 1 aliphatic rings. The van der Waals surface area contributed by atoms with Gasteiger partial charge in [0.2, 0.25) is 5.91 Å². The van der Waals surface area contributed by atoms with Crippen molar-refractivity contribution in [2.24, 2.45) is 11.8 Å². The molecule has 1 rings (SSSR count). The summed E-state index contributed by atoms with van der Waals surface area (Å²) in [6, 6.07) is 0. The molecule has 18 heavy (non-hydrogen) atoms. The fourth-order valence-corrected chi connectivity index (χ4v) is 2.83. The molecular weight excluding hydrogens is 254 g/mol. The number of Topliss-reactive ketones (excluding diaryl/α,β-unsaturated/α-hetero) is 1. The van der Waals surface area contributed by atoms with Gasteiger partial charge in [0.05, 0.1) is 0 Å². The lowest BCUT2D eigenvalue weighted by atomic mass is 9.87. The highest BCUT2D eigenvalue weighted by atomic mass is 32.2. The lowest BCUT2D eigenvalue weighted by Gasteiger charge is -2.31. The van der Waals surface area contributed by atoms with Gasteiger partial charge < -0.3 is 4.90 Å². The van der Waals surface area contributed by atoms with Gasteiger partial charge in [0.1, 0.15) is 11.5 Å². The molecule has 0 aromatic rings. The van der Waals surface area contributed by atoms with Crippen LogP contribution in [0.2, 0.25) is 0 Å². The molecule has 104 valence electrons. The Hall–Kier alpha value is -0.910. The van der Waals surface area contributed by atoms with Crippen molar-refractivity contribution in [1.29, 1.82) is 0 Å². The molecule has 0 saturated carbocycles. The Morgan fingerprint density at radius 3 is 2.11 bits per heavy atom. The number of sulfone groups is 1. The Labute approximate surface area is 108 Å². The average molecular weight is 275 g/mol. The quantitative estimate of drug-likeness (QED) is 0.749. The molecule has 0 aliphatic carbocycles. The first kappa shape index (κ1) is 15.1. The first-order chi connectivity index (χ1) is 8.20. The number of carbonyl (C=O) groups excluding carboxylic acids is 2. The monoisotopic (exact) mass is 275 g/mol. The molecule has 0 N–H and O–H groups in total. The third-order valence-corrected chi connectivity index (χ3v) is 3.98. The van der Waals surface area contributed by atoms with Gasteiger partial charge in [-0.25, -0.2) is 8.42 Å². The van der Waals surface area contributed by atoms with Crippen molar-refractivity contribution in [3.63, 3.8) is 0 Å². The minimum absolute atomic E-state index is 0.0206. The minimum atomic E-state index is -3.27. The number of carbonyl (C=O) groups is 2. The zero-order valence-electron chi connectivity index (χ0n) is 11.2. The molecule has 0 bridgehead atoms. The standard InChI is InChI=1S/C12H21NO4S/c1-9(2)12(15)10-4-6-13(7-5-10)11(14)8-18(3,16)17/h9-10H,4-8H2,1-3H3. The van der Waals surface area contributed by atoms with Crippen LogP contribution in [0.1, 0.15) is 26.7 Å². The molecule has 1 amide bonds. The largest absolute Gasteiger partial charge is 0.342 e. The fourth-order valence-electron chi connectivity index (χ4n) is 2.20. The van der Waals surface area contributed by atoms with Gasteiger partial charge in [-0.3, -0.25) is 9.59 Å². The van der Waals surface area contributed by atoms with Crippen LogP contribution in [0.3, 0.4) is 0 Å². The SMILES string of the molecule is CC(C)C(=O)C1CCN(C(=O)CS(C)(=O)=O)CC1. The summed E-state index contributed by atoms with van der Waals surface area (Å²) in [5, 5.41) is 0. The van der Waals surface area contributed by atoms with E-state index >= 15 is 0 Å². The van der Waals surface area contributed by atoms with E-state index in [1.165, 1.54) is 0 Å². The molecule has 1 fully saturated rings. The summed E-state index contributed by atoms with van der Waals surface area (Å²) < 4.78 is 22.1. The van der Waals surface area contributed by atoms with E-state index in [0.29, 0.717) is 25.9 Å². The zero-order valence-corrected chi connectivity index (χ0v) is 12.0. The zero-order chi connectivity index (χ0) is 13.9. The summed E-state index contributed by atoms with van der Waals surface area (Å²) in [7, 11) is -3.27. The van der Waals surface area contributed by atoms with Gasteiger partial charge in [-0.05, 0) is 12.8 Å². The summed E-state index contributed by atoms with van der Waals surface area (Å²) in [6.07, 6.45) is 2.35. The number of piperidine rings is 1. The number of rotatable bonds is 4.